The molecule has 2 heterocycles. The van der Waals surface area contributed by atoms with Crippen molar-refractivity contribution in [2.24, 2.45) is 0 Å². The third kappa shape index (κ3) is 3.68. The molecule has 0 radical (unpaired) electrons. The summed E-state index contributed by atoms with van der Waals surface area (Å²) in [5.74, 6) is 0. The van der Waals surface area contributed by atoms with Crippen LogP contribution in [0.2, 0.25) is 0 Å². The molecule has 0 fully saturated rings. The van der Waals surface area contributed by atoms with Gasteiger partial charge in [0, 0.05) is 22.5 Å². The number of nitrogens with zero attached hydrogens (tertiary/aromatic N) is 2. The molecule has 0 amide bonds. The van der Waals surface area contributed by atoms with Crippen LogP contribution in [-0.2, 0) is 14.8 Å². The molecule has 5 rings (SSSR count). The minimum Gasteiger partial charge on any atom is -0.443 e. The van der Waals surface area contributed by atoms with Gasteiger partial charge in [0.15, 0.2) is 0 Å². The van der Waals surface area contributed by atoms with E-state index in [1.54, 1.807) is 42.6 Å². The van der Waals surface area contributed by atoms with E-state index in [4.69, 9.17) is 4.74 Å². The maximum Gasteiger partial charge on any atom is 0.419 e. The summed E-state index contributed by atoms with van der Waals surface area (Å²) in [7, 11) is -3.92. The number of carbonyl (C=O) groups excluding carboxylic acids is 1. The molecule has 0 saturated heterocycles. The molecule has 0 aliphatic carbocycles. The lowest BCUT2D eigenvalue weighted by Crippen LogP contribution is -2.26. The van der Waals surface area contributed by atoms with Crippen LogP contribution in [0.4, 0.5) is 4.79 Å². The van der Waals surface area contributed by atoms with Gasteiger partial charge in [0.1, 0.15) is 5.60 Å². The van der Waals surface area contributed by atoms with Crippen molar-refractivity contribution >= 4 is 37.9 Å². The molecule has 6 nitrogen and oxygen atoms in total. The molecule has 34 heavy (non-hydrogen) atoms. The zero-order chi connectivity index (χ0) is 24.1. The highest BCUT2D eigenvalue weighted by Crippen LogP contribution is 2.37. The number of ether oxygens (including phenoxy) is 1. The van der Waals surface area contributed by atoms with E-state index in [-0.39, 0.29) is 4.90 Å². The highest BCUT2D eigenvalue weighted by molar-refractivity contribution is 7.90. The van der Waals surface area contributed by atoms with Crippen molar-refractivity contribution in [1.82, 2.24) is 8.54 Å². The van der Waals surface area contributed by atoms with Crippen molar-refractivity contribution in [3.8, 4) is 11.3 Å². The van der Waals surface area contributed by atoms with Gasteiger partial charge in [-0.05, 0) is 51.1 Å². The summed E-state index contributed by atoms with van der Waals surface area (Å²) in [6.45, 7) is 5.42. The van der Waals surface area contributed by atoms with Crippen LogP contribution in [0.1, 0.15) is 20.8 Å². The molecule has 0 spiro atoms. The molecule has 0 atom stereocenters. The van der Waals surface area contributed by atoms with Gasteiger partial charge < -0.3 is 4.74 Å². The smallest absolute Gasteiger partial charge is 0.419 e. The van der Waals surface area contributed by atoms with Crippen LogP contribution in [0.5, 0.6) is 0 Å². The quantitative estimate of drug-likeness (QED) is 0.310. The molecule has 0 aliphatic heterocycles. The SMILES string of the molecule is CC(C)(C)OC(=O)n1cc(-c2cc3ccccc3n2S(=O)(=O)c2ccccc2)c2ccccc21. The fourth-order valence-corrected chi connectivity index (χ4v) is 5.67. The Morgan fingerprint density at radius 1 is 0.824 bits per heavy atom. The van der Waals surface area contributed by atoms with Crippen molar-refractivity contribution in [3.05, 3.63) is 91.1 Å². The minimum absolute atomic E-state index is 0.188. The lowest BCUT2D eigenvalue weighted by Gasteiger charge is -2.19. The van der Waals surface area contributed by atoms with Crippen LogP contribution in [0.15, 0.2) is 96.0 Å². The van der Waals surface area contributed by atoms with Gasteiger partial charge in [0.2, 0.25) is 0 Å². The second-order valence-corrected chi connectivity index (χ2v) is 10.9. The third-order valence-electron chi connectivity index (χ3n) is 5.53. The van der Waals surface area contributed by atoms with Gasteiger partial charge in [-0.1, -0.05) is 54.6 Å². The molecule has 3 aromatic carbocycles. The van der Waals surface area contributed by atoms with Gasteiger partial charge in [-0.3, -0.25) is 4.57 Å². The number of hydrogen-bond donors (Lipinski definition) is 0. The van der Waals surface area contributed by atoms with Crippen LogP contribution in [0, 0.1) is 0 Å². The number of hydrogen-bond acceptors (Lipinski definition) is 4. The summed E-state index contributed by atoms with van der Waals surface area (Å²) in [5.41, 5.74) is 1.63. The Morgan fingerprint density at radius 3 is 2.15 bits per heavy atom. The first-order valence-corrected chi connectivity index (χ1v) is 12.4. The maximum atomic E-state index is 13.8. The molecule has 0 unspecified atom stereocenters. The van der Waals surface area contributed by atoms with Gasteiger partial charge in [0.25, 0.3) is 10.0 Å². The van der Waals surface area contributed by atoms with Gasteiger partial charge in [-0.2, -0.15) is 0 Å². The van der Waals surface area contributed by atoms with E-state index in [0.29, 0.717) is 22.3 Å². The Balaban J connectivity index is 1.81. The van der Waals surface area contributed by atoms with Crippen LogP contribution in [0.25, 0.3) is 33.1 Å². The Hall–Kier alpha value is -3.84. The summed E-state index contributed by atoms with van der Waals surface area (Å²) in [5, 5.41) is 1.53. The average Bonchev–Trinajstić information content (AvgIpc) is 3.38. The molecular weight excluding hydrogens is 448 g/mol. The topological polar surface area (TPSA) is 70.3 Å². The zero-order valence-corrected chi connectivity index (χ0v) is 19.9. The monoisotopic (exact) mass is 472 g/mol. The first-order valence-electron chi connectivity index (χ1n) is 10.9. The van der Waals surface area contributed by atoms with Crippen molar-refractivity contribution in [1.29, 1.82) is 0 Å². The molecule has 0 saturated carbocycles. The standard InChI is InChI=1S/C27H24N2O4S/c1-27(2,3)33-26(30)28-18-22(21-14-8-10-16-24(21)28)25-17-19-11-7-9-15-23(19)29(25)34(31,32)20-12-5-4-6-13-20/h4-18H,1-3H3. The molecule has 0 aliphatic rings. The van der Waals surface area contributed by atoms with Gasteiger partial charge in [0.05, 0.1) is 21.6 Å². The van der Waals surface area contributed by atoms with E-state index in [1.165, 1.54) is 8.54 Å². The maximum absolute atomic E-state index is 13.8. The Morgan fingerprint density at radius 2 is 1.44 bits per heavy atom. The van der Waals surface area contributed by atoms with E-state index in [1.807, 2.05) is 69.3 Å². The number of benzene rings is 3. The number of fused-ring (bicyclic) bond motifs is 2. The molecule has 172 valence electrons. The second kappa shape index (κ2) is 7.88. The van der Waals surface area contributed by atoms with Crippen LogP contribution >= 0.6 is 0 Å². The van der Waals surface area contributed by atoms with Crippen LogP contribution < -0.4 is 0 Å². The van der Waals surface area contributed by atoms with Gasteiger partial charge in [-0.25, -0.2) is 17.2 Å². The van der Waals surface area contributed by atoms with Crippen LogP contribution in [-0.4, -0.2) is 28.7 Å². The van der Waals surface area contributed by atoms with E-state index in [0.717, 1.165) is 10.8 Å². The number of carbonyl (C=O) groups is 1. The normalized spacial score (nSPS) is 12.3. The first kappa shape index (κ1) is 22.0. The Bertz CT molecular complexity index is 1640. The molecule has 0 N–H and O–H groups in total. The van der Waals surface area contributed by atoms with E-state index in [2.05, 4.69) is 0 Å². The lowest BCUT2D eigenvalue weighted by molar-refractivity contribution is 0.0544. The minimum atomic E-state index is -3.92. The summed E-state index contributed by atoms with van der Waals surface area (Å²) in [6.07, 6.45) is 1.13. The summed E-state index contributed by atoms with van der Waals surface area (Å²) in [6, 6.07) is 24.9. The number of para-hydroxylation sites is 2. The van der Waals surface area contributed by atoms with E-state index >= 15 is 0 Å². The van der Waals surface area contributed by atoms with Crippen molar-refractivity contribution in [2.45, 2.75) is 31.3 Å². The molecule has 2 aromatic heterocycles. The fraction of sp³-hybridized carbons (Fsp3) is 0.148. The number of aromatic nitrogens is 2. The Labute approximate surface area is 198 Å². The van der Waals surface area contributed by atoms with Gasteiger partial charge in [-0.15, -0.1) is 0 Å². The van der Waals surface area contributed by atoms with Crippen molar-refractivity contribution in [3.63, 3.8) is 0 Å². The molecular formula is C27H24N2O4S. The summed E-state index contributed by atoms with van der Waals surface area (Å²) < 4.78 is 36.1. The van der Waals surface area contributed by atoms with Crippen molar-refractivity contribution in [2.75, 3.05) is 0 Å². The van der Waals surface area contributed by atoms with E-state index < -0.39 is 21.7 Å². The van der Waals surface area contributed by atoms with Crippen molar-refractivity contribution < 1.29 is 17.9 Å². The first-order chi connectivity index (χ1) is 16.2. The molecule has 0 bridgehead atoms. The fourth-order valence-electron chi connectivity index (χ4n) is 4.12. The predicted molar refractivity (Wildman–Crippen MR) is 134 cm³/mol. The second-order valence-electron chi connectivity index (χ2n) is 9.08. The Kier molecular flexibility index (Phi) is 5.10. The van der Waals surface area contributed by atoms with Crippen LogP contribution in [0.3, 0.4) is 0 Å². The number of rotatable bonds is 3. The summed E-state index contributed by atoms with van der Waals surface area (Å²) >= 11 is 0. The molecule has 5 aromatic rings. The van der Waals surface area contributed by atoms with Gasteiger partial charge >= 0.3 is 6.09 Å². The van der Waals surface area contributed by atoms with E-state index in [9.17, 15) is 13.2 Å². The zero-order valence-electron chi connectivity index (χ0n) is 19.1. The largest absolute Gasteiger partial charge is 0.443 e. The third-order valence-corrected chi connectivity index (χ3v) is 7.27. The molecule has 7 heteroatoms. The highest BCUT2D eigenvalue weighted by Gasteiger charge is 2.27. The predicted octanol–water partition coefficient (Wildman–Crippen LogP) is 6.28. The lowest BCUT2D eigenvalue weighted by atomic mass is 10.1. The highest BCUT2D eigenvalue weighted by atomic mass is 32.2. The average molecular weight is 473 g/mol. The summed E-state index contributed by atoms with van der Waals surface area (Å²) in [4.78, 5) is 13.2.